The van der Waals surface area contributed by atoms with Gasteiger partial charge in [-0.1, -0.05) is 40.5 Å². The van der Waals surface area contributed by atoms with E-state index in [9.17, 15) is 0 Å². The van der Waals surface area contributed by atoms with Crippen LogP contribution in [-0.2, 0) is 31.7 Å². The number of hydrogen-bond donors (Lipinski definition) is 0. The molecule has 31 heavy (non-hydrogen) atoms. The number of hydrogen-bond acceptors (Lipinski definition) is 8. The molecule has 0 fully saturated rings. The Kier molecular flexibility index (Phi) is 13.9. The number of anilines is 2. The van der Waals surface area contributed by atoms with Crippen LogP contribution in [0.15, 0.2) is 46.2 Å². The maximum atomic E-state index is 5.30. The van der Waals surface area contributed by atoms with E-state index in [1.807, 2.05) is 22.3 Å². The molecule has 0 aliphatic carbocycles. The third-order valence-corrected chi connectivity index (χ3v) is 6.10. The SMILES string of the molecule is C.C.C.CON1CCc2cccc(SC)c21.COOSc1ccc2c(c1)N(OC)CC2. The molecule has 0 unspecified atom stereocenters. The van der Waals surface area contributed by atoms with Crippen molar-refractivity contribution in [3.8, 4) is 0 Å². The van der Waals surface area contributed by atoms with Crippen molar-refractivity contribution in [1.82, 2.24) is 0 Å². The molecule has 0 bridgehead atoms. The van der Waals surface area contributed by atoms with E-state index in [4.69, 9.17) is 14.0 Å². The van der Waals surface area contributed by atoms with E-state index in [0.717, 1.165) is 36.5 Å². The molecule has 2 heterocycles. The quantitative estimate of drug-likeness (QED) is 0.207. The van der Waals surface area contributed by atoms with E-state index < -0.39 is 0 Å². The number of para-hydroxylation sites is 1. The molecule has 0 saturated heterocycles. The zero-order valence-electron chi connectivity index (χ0n) is 16.6. The molecule has 176 valence electrons. The lowest BCUT2D eigenvalue weighted by molar-refractivity contribution is -0.160. The standard InChI is InChI=1S/C10H13NO3S.C10H13NOS.3CH4/c1-12-11-6-5-8-3-4-9(7-10(8)11)15-14-13-2;1-12-11-7-6-8-4-3-5-9(13-2)10(8)11;;;/h3-4,7H,5-6H2,1-2H3;3-5H,6-7H2,1-2H3;3*1H4. The maximum Gasteiger partial charge on any atom is 0.0804 e. The first-order chi connectivity index (χ1) is 13.7. The van der Waals surface area contributed by atoms with Crippen LogP contribution in [0.5, 0.6) is 0 Å². The number of thioether (sulfide) groups is 1. The molecular weight excluding hydrogens is 432 g/mol. The first kappa shape index (κ1) is 29.6. The van der Waals surface area contributed by atoms with Crippen molar-refractivity contribution in [3.05, 3.63) is 47.5 Å². The van der Waals surface area contributed by atoms with E-state index >= 15 is 0 Å². The Bertz CT molecular complexity index is 792. The van der Waals surface area contributed by atoms with Crippen LogP contribution in [0.1, 0.15) is 33.4 Å². The summed E-state index contributed by atoms with van der Waals surface area (Å²) in [6, 6.07) is 12.6. The molecule has 8 heteroatoms. The molecule has 0 atom stereocenters. The first-order valence-corrected chi connectivity index (χ1v) is 11.0. The highest BCUT2D eigenvalue weighted by molar-refractivity contribution is 7.98. The summed E-state index contributed by atoms with van der Waals surface area (Å²) >= 11 is 2.97. The van der Waals surface area contributed by atoms with Gasteiger partial charge in [0.1, 0.15) is 0 Å². The molecular formula is C23H38N2O4S2. The topological polar surface area (TPSA) is 43.4 Å². The Morgan fingerprint density at radius 3 is 2.16 bits per heavy atom. The minimum Gasteiger partial charge on any atom is -0.277 e. The van der Waals surface area contributed by atoms with Crippen molar-refractivity contribution in [2.45, 2.75) is 44.9 Å². The Morgan fingerprint density at radius 1 is 0.839 bits per heavy atom. The van der Waals surface area contributed by atoms with Crippen LogP contribution >= 0.6 is 23.8 Å². The molecule has 0 spiro atoms. The van der Waals surface area contributed by atoms with Crippen LogP contribution in [0.4, 0.5) is 11.4 Å². The average molecular weight is 471 g/mol. The van der Waals surface area contributed by atoms with Gasteiger partial charge >= 0.3 is 0 Å². The van der Waals surface area contributed by atoms with Gasteiger partial charge in [0.2, 0.25) is 0 Å². The van der Waals surface area contributed by atoms with Gasteiger partial charge in [-0.05, 0) is 48.4 Å². The maximum absolute atomic E-state index is 5.30. The summed E-state index contributed by atoms with van der Waals surface area (Å²) in [6.07, 6.45) is 4.22. The van der Waals surface area contributed by atoms with E-state index in [0.29, 0.717) is 0 Å². The smallest absolute Gasteiger partial charge is 0.0804 e. The van der Waals surface area contributed by atoms with E-state index in [-0.39, 0.29) is 22.3 Å². The molecule has 0 radical (unpaired) electrons. The van der Waals surface area contributed by atoms with Crippen molar-refractivity contribution >= 4 is 35.2 Å². The zero-order chi connectivity index (χ0) is 19.9. The fraction of sp³-hybridized carbons (Fsp3) is 0.478. The van der Waals surface area contributed by atoms with Crippen LogP contribution < -0.4 is 10.1 Å². The second-order valence-electron chi connectivity index (χ2n) is 6.15. The molecule has 2 aromatic rings. The van der Waals surface area contributed by atoms with Gasteiger partial charge in [0.05, 0.1) is 44.7 Å². The molecule has 0 amide bonds. The lowest BCUT2D eigenvalue weighted by Crippen LogP contribution is -2.18. The third kappa shape index (κ3) is 7.03. The van der Waals surface area contributed by atoms with Gasteiger partial charge in [-0.2, -0.15) is 4.33 Å². The number of benzene rings is 2. The molecule has 0 saturated carbocycles. The van der Waals surface area contributed by atoms with E-state index in [1.54, 1.807) is 26.0 Å². The van der Waals surface area contributed by atoms with Gasteiger partial charge in [-0.25, -0.2) is 4.89 Å². The first-order valence-electron chi connectivity index (χ1n) is 9.01. The number of fused-ring (bicyclic) bond motifs is 2. The molecule has 2 aromatic carbocycles. The van der Waals surface area contributed by atoms with Crippen molar-refractivity contribution in [2.24, 2.45) is 0 Å². The molecule has 4 rings (SSSR count). The molecule has 2 aliphatic rings. The van der Waals surface area contributed by atoms with E-state index in [1.165, 1.54) is 40.9 Å². The summed E-state index contributed by atoms with van der Waals surface area (Å²) in [5.74, 6) is 0. The van der Waals surface area contributed by atoms with E-state index in [2.05, 4.69) is 35.4 Å². The summed E-state index contributed by atoms with van der Waals surface area (Å²) in [4.78, 5) is 17.4. The van der Waals surface area contributed by atoms with Crippen molar-refractivity contribution in [3.63, 3.8) is 0 Å². The minimum atomic E-state index is 0. The Morgan fingerprint density at radius 2 is 1.52 bits per heavy atom. The van der Waals surface area contributed by atoms with Crippen LogP contribution in [-0.4, -0.2) is 40.7 Å². The summed E-state index contributed by atoms with van der Waals surface area (Å²) in [7, 11) is 4.90. The molecule has 0 aromatic heterocycles. The zero-order valence-corrected chi connectivity index (χ0v) is 18.3. The summed E-state index contributed by atoms with van der Waals surface area (Å²) < 4.78 is 4.81. The van der Waals surface area contributed by atoms with Gasteiger partial charge in [0.15, 0.2) is 0 Å². The van der Waals surface area contributed by atoms with Crippen molar-refractivity contribution < 1.29 is 18.9 Å². The number of rotatable bonds is 6. The lowest BCUT2D eigenvalue weighted by Gasteiger charge is -2.17. The molecule has 0 N–H and O–H groups in total. The highest BCUT2D eigenvalue weighted by atomic mass is 32.2. The van der Waals surface area contributed by atoms with Gasteiger partial charge in [0, 0.05) is 22.9 Å². The summed E-state index contributed by atoms with van der Waals surface area (Å²) in [5.41, 5.74) is 5.08. The van der Waals surface area contributed by atoms with Crippen LogP contribution in [0.25, 0.3) is 0 Å². The van der Waals surface area contributed by atoms with Gasteiger partial charge in [-0.3, -0.25) is 19.8 Å². The predicted octanol–water partition coefficient (Wildman–Crippen LogP) is 6.44. The van der Waals surface area contributed by atoms with Crippen molar-refractivity contribution in [1.29, 1.82) is 0 Å². The van der Waals surface area contributed by atoms with Gasteiger partial charge < -0.3 is 0 Å². The summed E-state index contributed by atoms with van der Waals surface area (Å²) in [6.45, 7) is 1.88. The molecule has 6 nitrogen and oxygen atoms in total. The Labute approximate surface area is 197 Å². The Hall–Kier alpha value is -1.42. The van der Waals surface area contributed by atoms with Gasteiger partial charge in [0.25, 0.3) is 0 Å². The third-order valence-electron chi connectivity index (χ3n) is 4.68. The number of nitrogens with zero attached hydrogens (tertiary/aromatic N) is 2. The normalized spacial score (nSPS) is 13.2. The van der Waals surface area contributed by atoms with Crippen LogP contribution in [0.2, 0.25) is 0 Å². The highest BCUT2D eigenvalue weighted by Crippen LogP contribution is 2.36. The summed E-state index contributed by atoms with van der Waals surface area (Å²) in [5, 5.41) is 3.85. The van der Waals surface area contributed by atoms with Crippen LogP contribution in [0, 0.1) is 0 Å². The number of hydroxylamine groups is 2. The van der Waals surface area contributed by atoms with Crippen LogP contribution in [0.3, 0.4) is 0 Å². The second-order valence-corrected chi connectivity index (χ2v) is 7.77. The highest BCUT2D eigenvalue weighted by Gasteiger charge is 2.21. The monoisotopic (exact) mass is 470 g/mol. The fourth-order valence-electron chi connectivity index (χ4n) is 3.38. The lowest BCUT2D eigenvalue weighted by atomic mass is 10.2. The largest absolute Gasteiger partial charge is 0.277 e. The molecule has 2 aliphatic heterocycles. The predicted molar refractivity (Wildman–Crippen MR) is 135 cm³/mol. The minimum absolute atomic E-state index is 0. The van der Waals surface area contributed by atoms with Gasteiger partial charge in [-0.15, -0.1) is 11.8 Å². The fourth-order valence-corrected chi connectivity index (χ4v) is 4.45. The second kappa shape index (κ2) is 14.6. The Balaban J connectivity index is 0.000000533. The van der Waals surface area contributed by atoms with Crippen molar-refractivity contribution in [2.75, 3.05) is 50.8 Å². The average Bonchev–Trinajstić information content (AvgIpc) is 3.35.